The molecule has 1 atom stereocenters. The molecule has 0 spiro atoms. The highest BCUT2D eigenvalue weighted by atomic mass is 16.5. The van der Waals surface area contributed by atoms with Crippen LogP contribution in [0.5, 0.6) is 5.75 Å². The van der Waals surface area contributed by atoms with Crippen LogP contribution in [0.2, 0.25) is 0 Å². The van der Waals surface area contributed by atoms with Crippen LogP contribution in [-0.2, 0) is 0 Å². The van der Waals surface area contributed by atoms with E-state index in [4.69, 9.17) is 4.74 Å². The maximum atomic E-state index is 10.9. The van der Waals surface area contributed by atoms with E-state index in [0.717, 1.165) is 28.0 Å². The van der Waals surface area contributed by atoms with Crippen molar-refractivity contribution in [2.24, 2.45) is 0 Å². The standard InChI is InChI=1S/C19H24O2/c1-6-21-17-10-8-7-9-16(17)19(20)18-14(4)12(2)11-13(3)15(18)5/h7-11,19-20H,6H2,1-5H3. The SMILES string of the molecule is CCOc1ccccc1C(O)c1c(C)c(C)cc(C)c1C. The summed E-state index contributed by atoms with van der Waals surface area (Å²) in [5.41, 5.74) is 6.55. The first kappa shape index (κ1) is 15.6. The number of hydrogen-bond donors (Lipinski definition) is 1. The largest absolute Gasteiger partial charge is 0.493 e. The summed E-state index contributed by atoms with van der Waals surface area (Å²) in [6, 6.07) is 9.90. The maximum absolute atomic E-state index is 10.9. The van der Waals surface area contributed by atoms with E-state index < -0.39 is 6.10 Å². The minimum Gasteiger partial charge on any atom is -0.493 e. The summed E-state index contributed by atoms with van der Waals surface area (Å²) < 4.78 is 5.66. The van der Waals surface area contributed by atoms with Gasteiger partial charge >= 0.3 is 0 Å². The van der Waals surface area contributed by atoms with Crippen molar-refractivity contribution in [3.63, 3.8) is 0 Å². The Bertz CT molecular complexity index is 618. The fourth-order valence-electron chi connectivity index (χ4n) is 2.81. The van der Waals surface area contributed by atoms with E-state index in [1.165, 1.54) is 11.1 Å². The lowest BCUT2D eigenvalue weighted by atomic mass is 9.88. The Morgan fingerprint density at radius 2 is 1.57 bits per heavy atom. The van der Waals surface area contributed by atoms with Gasteiger partial charge in [-0.25, -0.2) is 0 Å². The van der Waals surface area contributed by atoms with Crippen LogP contribution < -0.4 is 4.74 Å². The van der Waals surface area contributed by atoms with Crippen LogP contribution in [0, 0.1) is 27.7 Å². The van der Waals surface area contributed by atoms with Gasteiger partial charge in [0.1, 0.15) is 11.9 Å². The van der Waals surface area contributed by atoms with E-state index in [2.05, 4.69) is 33.8 Å². The Morgan fingerprint density at radius 1 is 1.00 bits per heavy atom. The van der Waals surface area contributed by atoms with Crippen LogP contribution in [0.3, 0.4) is 0 Å². The van der Waals surface area contributed by atoms with Gasteiger partial charge in [-0.15, -0.1) is 0 Å². The third-order valence-corrected chi connectivity index (χ3v) is 4.21. The van der Waals surface area contributed by atoms with Crippen molar-refractivity contribution in [2.45, 2.75) is 40.7 Å². The van der Waals surface area contributed by atoms with Gasteiger partial charge in [0.05, 0.1) is 6.61 Å². The van der Waals surface area contributed by atoms with Gasteiger partial charge in [-0.05, 0) is 68.5 Å². The molecule has 0 saturated carbocycles. The van der Waals surface area contributed by atoms with Crippen molar-refractivity contribution in [3.05, 3.63) is 63.7 Å². The van der Waals surface area contributed by atoms with Crippen molar-refractivity contribution in [1.29, 1.82) is 0 Å². The van der Waals surface area contributed by atoms with Crippen molar-refractivity contribution in [2.75, 3.05) is 6.61 Å². The second-order valence-corrected chi connectivity index (χ2v) is 5.55. The van der Waals surface area contributed by atoms with Crippen LogP contribution >= 0.6 is 0 Å². The maximum Gasteiger partial charge on any atom is 0.125 e. The topological polar surface area (TPSA) is 29.5 Å². The number of aliphatic hydroxyl groups excluding tert-OH is 1. The van der Waals surface area contributed by atoms with E-state index in [9.17, 15) is 5.11 Å². The third-order valence-electron chi connectivity index (χ3n) is 4.21. The van der Waals surface area contributed by atoms with Crippen molar-refractivity contribution >= 4 is 0 Å². The third kappa shape index (κ3) is 2.96. The zero-order valence-electron chi connectivity index (χ0n) is 13.5. The molecule has 2 rings (SSSR count). The van der Waals surface area contributed by atoms with Crippen molar-refractivity contribution in [1.82, 2.24) is 0 Å². The molecule has 0 amide bonds. The van der Waals surface area contributed by atoms with Crippen molar-refractivity contribution < 1.29 is 9.84 Å². The predicted molar refractivity (Wildman–Crippen MR) is 87.1 cm³/mol. The molecular formula is C19H24O2. The highest BCUT2D eigenvalue weighted by molar-refractivity contribution is 5.50. The molecule has 0 aromatic heterocycles. The lowest BCUT2D eigenvalue weighted by Gasteiger charge is -2.22. The molecule has 0 radical (unpaired) electrons. The first-order valence-electron chi connectivity index (χ1n) is 7.44. The van der Waals surface area contributed by atoms with Gasteiger partial charge in [0, 0.05) is 5.56 Å². The lowest BCUT2D eigenvalue weighted by Crippen LogP contribution is -2.09. The number of hydrogen-bond acceptors (Lipinski definition) is 2. The van der Waals surface area contributed by atoms with Crippen LogP contribution in [0.1, 0.15) is 46.4 Å². The van der Waals surface area contributed by atoms with Crippen LogP contribution in [0.15, 0.2) is 30.3 Å². The summed E-state index contributed by atoms with van der Waals surface area (Å²) in [6.07, 6.45) is -0.661. The number of aryl methyl sites for hydroxylation is 2. The van der Waals surface area contributed by atoms with Gasteiger partial charge in [-0.3, -0.25) is 0 Å². The lowest BCUT2D eigenvalue weighted by molar-refractivity contribution is 0.210. The minimum atomic E-state index is -0.661. The molecule has 0 saturated heterocycles. The number of rotatable bonds is 4. The summed E-state index contributed by atoms with van der Waals surface area (Å²) in [6.45, 7) is 10.9. The van der Waals surface area contributed by atoms with Gasteiger partial charge in [0.25, 0.3) is 0 Å². The number of aliphatic hydroxyl groups is 1. The molecular weight excluding hydrogens is 260 g/mol. The molecule has 21 heavy (non-hydrogen) atoms. The first-order valence-corrected chi connectivity index (χ1v) is 7.44. The molecule has 2 aromatic rings. The van der Waals surface area contributed by atoms with Gasteiger partial charge in [-0.2, -0.15) is 0 Å². The summed E-state index contributed by atoms with van der Waals surface area (Å²) in [4.78, 5) is 0. The average Bonchev–Trinajstić information content (AvgIpc) is 2.46. The van der Waals surface area contributed by atoms with E-state index in [-0.39, 0.29) is 0 Å². The van der Waals surface area contributed by atoms with E-state index in [1.807, 2.05) is 31.2 Å². The molecule has 0 aliphatic rings. The Morgan fingerprint density at radius 3 is 2.14 bits per heavy atom. The highest BCUT2D eigenvalue weighted by Gasteiger charge is 2.21. The molecule has 112 valence electrons. The molecule has 1 N–H and O–H groups in total. The molecule has 0 aliphatic heterocycles. The Labute approximate surface area is 127 Å². The smallest absolute Gasteiger partial charge is 0.125 e. The van der Waals surface area contributed by atoms with E-state index in [1.54, 1.807) is 0 Å². The second-order valence-electron chi connectivity index (χ2n) is 5.55. The molecule has 0 fully saturated rings. The van der Waals surface area contributed by atoms with Gasteiger partial charge in [-0.1, -0.05) is 24.3 Å². The fourth-order valence-corrected chi connectivity index (χ4v) is 2.81. The minimum absolute atomic E-state index is 0.592. The summed E-state index contributed by atoms with van der Waals surface area (Å²) in [7, 11) is 0. The van der Waals surface area contributed by atoms with Crippen molar-refractivity contribution in [3.8, 4) is 5.75 Å². The zero-order chi connectivity index (χ0) is 15.6. The van der Waals surface area contributed by atoms with Gasteiger partial charge in [0.15, 0.2) is 0 Å². The van der Waals surface area contributed by atoms with Crippen LogP contribution in [0.25, 0.3) is 0 Å². The quantitative estimate of drug-likeness (QED) is 0.901. The van der Waals surface area contributed by atoms with Crippen LogP contribution in [0.4, 0.5) is 0 Å². The molecule has 1 unspecified atom stereocenters. The zero-order valence-corrected chi connectivity index (χ0v) is 13.5. The molecule has 2 heteroatoms. The molecule has 0 bridgehead atoms. The normalized spacial score (nSPS) is 12.3. The molecule has 0 heterocycles. The summed E-state index contributed by atoms with van der Waals surface area (Å²) in [5.74, 6) is 0.755. The monoisotopic (exact) mass is 284 g/mol. The Hall–Kier alpha value is -1.80. The van der Waals surface area contributed by atoms with E-state index in [0.29, 0.717) is 6.61 Å². The second kappa shape index (κ2) is 6.31. The molecule has 2 aromatic carbocycles. The molecule has 2 nitrogen and oxygen atoms in total. The van der Waals surface area contributed by atoms with E-state index >= 15 is 0 Å². The fraction of sp³-hybridized carbons (Fsp3) is 0.368. The Kier molecular flexibility index (Phi) is 4.69. The number of benzene rings is 2. The predicted octanol–water partition coefficient (Wildman–Crippen LogP) is 4.40. The highest BCUT2D eigenvalue weighted by Crippen LogP contribution is 2.35. The number of ether oxygens (including phenoxy) is 1. The van der Waals surface area contributed by atoms with Gasteiger partial charge in [0.2, 0.25) is 0 Å². The number of para-hydroxylation sites is 1. The summed E-state index contributed by atoms with van der Waals surface area (Å²) >= 11 is 0. The first-order chi connectivity index (χ1) is 9.97. The summed E-state index contributed by atoms with van der Waals surface area (Å²) in [5, 5.41) is 10.9. The van der Waals surface area contributed by atoms with Gasteiger partial charge < -0.3 is 9.84 Å². The average molecular weight is 284 g/mol. The molecule has 0 aliphatic carbocycles. The van der Waals surface area contributed by atoms with Crippen LogP contribution in [-0.4, -0.2) is 11.7 Å². The Balaban J connectivity index is 2.58.